The van der Waals surface area contributed by atoms with Gasteiger partial charge in [0.15, 0.2) is 11.5 Å². The minimum Gasteiger partial charge on any atom is -0.493 e. The molecule has 0 bridgehead atoms. The Balaban J connectivity index is 1.64. The first kappa shape index (κ1) is 22.3. The largest absolute Gasteiger partial charge is 0.493 e. The molecule has 1 heterocycles. The summed E-state index contributed by atoms with van der Waals surface area (Å²) >= 11 is 0. The molecule has 0 aliphatic heterocycles. The molecule has 0 aliphatic carbocycles. The van der Waals surface area contributed by atoms with E-state index < -0.39 is 0 Å². The van der Waals surface area contributed by atoms with Crippen molar-refractivity contribution in [2.75, 3.05) is 12.5 Å². The first-order chi connectivity index (χ1) is 14.7. The van der Waals surface area contributed by atoms with E-state index in [9.17, 15) is 0 Å². The Morgan fingerprint density at radius 2 is 1.61 bits per heavy atom. The van der Waals surface area contributed by atoms with E-state index in [1.165, 1.54) is 5.56 Å². The Labute approximate surface area is 184 Å². The zero-order valence-corrected chi connectivity index (χ0v) is 19.1. The number of hydrogen-bond donors (Lipinski definition) is 1. The highest BCUT2D eigenvalue weighted by molar-refractivity contribution is 5.81. The third-order valence-electron chi connectivity index (χ3n) is 4.76. The van der Waals surface area contributed by atoms with Crippen LogP contribution >= 0.6 is 0 Å². The van der Waals surface area contributed by atoms with Crippen molar-refractivity contribution in [3.63, 3.8) is 0 Å². The predicted molar refractivity (Wildman–Crippen MR) is 125 cm³/mol. The second kappa shape index (κ2) is 9.60. The highest BCUT2D eigenvalue weighted by Gasteiger charge is 2.13. The molecular formula is C25H30N4O2. The SMILES string of the molecule is COc1cc(/C=N/Nc2nc(C)cc(C)n2)ccc1OCc1ccc(C(C)(C)C)cc1. The second-order valence-corrected chi connectivity index (χ2v) is 8.49. The van der Waals surface area contributed by atoms with Crippen molar-refractivity contribution in [1.82, 2.24) is 9.97 Å². The Bertz CT molecular complexity index is 1030. The van der Waals surface area contributed by atoms with E-state index in [4.69, 9.17) is 9.47 Å². The molecule has 31 heavy (non-hydrogen) atoms. The normalized spacial score (nSPS) is 11.5. The first-order valence-electron chi connectivity index (χ1n) is 10.3. The van der Waals surface area contributed by atoms with Crippen LogP contribution < -0.4 is 14.9 Å². The van der Waals surface area contributed by atoms with Crippen molar-refractivity contribution < 1.29 is 9.47 Å². The Hall–Kier alpha value is -3.41. The van der Waals surface area contributed by atoms with Gasteiger partial charge in [0.25, 0.3) is 0 Å². The summed E-state index contributed by atoms with van der Waals surface area (Å²) in [5, 5.41) is 4.22. The van der Waals surface area contributed by atoms with Gasteiger partial charge in [0, 0.05) is 11.4 Å². The quantitative estimate of drug-likeness (QED) is 0.410. The molecule has 3 rings (SSSR count). The van der Waals surface area contributed by atoms with Crippen LogP contribution in [0.15, 0.2) is 53.6 Å². The van der Waals surface area contributed by atoms with Crippen LogP contribution in [0.1, 0.15) is 48.8 Å². The molecule has 1 aromatic heterocycles. The Morgan fingerprint density at radius 3 is 2.23 bits per heavy atom. The van der Waals surface area contributed by atoms with E-state index in [0.717, 1.165) is 22.5 Å². The molecule has 0 saturated heterocycles. The van der Waals surface area contributed by atoms with Crippen LogP contribution in [-0.4, -0.2) is 23.3 Å². The minimum absolute atomic E-state index is 0.138. The summed E-state index contributed by atoms with van der Waals surface area (Å²) in [6.07, 6.45) is 1.69. The smallest absolute Gasteiger partial charge is 0.243 e. The summed E-state index contributed by atoms with van der Waals surface area (Å²) in [5.74, 6) is 1.81. The van der Waals surface area contributed by atoms with Crippen molar-refractivity contribution in [3.8, 4) is 11.5 Å². The number of aryl methyl sites for hydroxylation is 2. The minimum atomic E-state index is 0.138. The predicted octanol–water partition coefficient (Wildman–Crippen LogP) is 5.42. The van der Waals surface area contributed by atoms with E-state index in [1.807, 2.05) is 38.1 Å². The number of hydrazone groups is 1. The number of methoxy groups -OCH3 is 1. The van der Waals surface area contributed by atoms with Gasteiger partial charge < -0.3 is 9.47 Å². The number of benzene rings is 2. The maximum Gasteiger partial charge on any atom is 0.243 e. The molecule has 0 spiro atoms. The van der Waals surface area contributed by atoms with Crippen molar-refractivity contribution in [1.29, 1.82) is 0 Å². The topological polar surface area (TPSA) is 68.6 Å². The lowest BCUT2D eigenvalue weighted by Gasteiger charge is -2.19. The van der Waals surface area contributed by atoms with Crippen molar-refractivity contribution in [2.24, 2.45) is 5.10 Å². The van der Waals surface area contributed by atoms with Gasteiger partial charge in [0.2, 0.25) is 5.95 Å². The number of hydrogen-bond acceptors (Lipinski definition) is 6. The van der Waals surface area contributed by atoms with Crippen LogP contribution in [0, 0.1) is 13.8 Å². The van der Waals surface area contributed by atoms with Gasteiger partial charge in [-0.2, -0.15) is 5.10 Å². The standard InChI is InChI=1S/C25H30N4O2/c1-17-13-18(2)28-24(27-17)29-26-15-20-9-12-22(23(14-20)30-6)31-16-19-7-10-21(11-8-19)25(3,4)5/h7-15H,16H2,1-6H3,(H,27,28,29)/b26-15+. The number of ether oxygens (including phenoxy) is 2. The third-order valence-corrected chi connectivity index (χ3v) is 4.76. The molecule has 0 atom stereocenters. The van der Waals surface area contributed by atoms with Crippen molar-refractivity contribution in [2.45, 2.75) is 46.6 Å². The van der Waals surface area contributed by atoms with Gasteiger partial charge in [0.05, 0.1) is 13.3 Å². The van der Waals surface area contributed by atoms with Crippen LogP contribution in [0.4, 0.5) is 5.95 Å². The number of anilines is 1. The molecule has 6 nitrogen and oxygen atoms in total. The molecule has 0 fully saturated rings. The third kappa shape index (κ3) is 6.28. The van der Waals surface area contributed by atoms with E-state index in [-0.39, 0.29) is 5.41 Å². The average Bonchev–Trinajstić information content (AvgIpc) is 2.71. The highest BCUT2D eigenvalue weighted by Crippen LogP contribution is 2.29. The second-order valence-electron chi connectivity index (χ2n) is 8.49. The van der Waals surface area contributed by atoms with Crippen molar-refractivity contribution >= 4 is 12.2 Å². The lowest BCUT2D eigenvalue weighted by Crippen LogP contribution is -2.10. The number of nitrogens with zero attached hydrogens (tertiary/aromatic N) is 3. The van der Waals surface area contributed by atoms with Crippen LogP contribution in [-0.2, 0) is 12.0 Å². The van der Waals surface area contributed by atoms with Crippen LogP contribution in [0.25, 0.3) is 0 Å². The molecule has 6 heteroatoms. The van der Waals surface area contributed by atoms with Gasteiger partial charge in [-0.25, -0.2) is 15.4 Å². The summed E-state index contributed by atoms with van der Waals surface area (Å²) < 4.78 is 11.5. The molecule has 1 N–H and O–H groups in total. The first-order valence-corrected chi connectivity index (χ1v) is 10.3. The average molecular weight is 419 g/mol. The van der Waals surface area contributed by atoms with Crippen molar-refractivity contribution in [3.05, 3.63) is 76.6 Å². The lowest BCUT2D eigenvalue weighted by molar-refractivity contribution is 0.284. The Morgan fingerprint density at radius 1 is 0.935 bits per heavy atom. The molecule has 0 radical (unpaired) electrons. The van der Waals surface area contributed by atoms with Gasteiger partial charge in [-0.05, 0) is 60.2 Å². The monoisotopic (exact) mass is 418 g/mol. The zero-order valence-electron chi connectivity index (χ0n) is 19.1. The summed E-state index contributed by atoms with van der Waals surface area (Å²) in [4.78, 5) is 8.61. The number of nitrogens with one attached hydrogen (secondary N) is 1. The number of aromatic nitrogens is 2. The fraction of sp³-hybridized carbons (Fsp3) is 0.320. The summed E-state index contributed by atoms with van der Waals surface area (Å²) in [7, 11) is 1.63. The summed E-state index contributed by atoms with van der Waals surface area (Å²) in [6.45, 7) is 10.9. The number of rotatable bonds is 7. The van der Waals surface area contributed by atoms with Gasteiger partial charge >= 0.3 is 0 Å². The molecule has 2 aromatic carbocycles. The maximum atomic E-state index is 5.99. The molecule has 0 aliphatic rings. The van der Waals surface area contributed by atoms with E-state index in [2.05, 4.69) is 65.5 Å². The van der Waals surface area contributed by atoms with Gasteiger partial charge in [-0.1, -0.05) is 45.0 Å². The van der Waals surface area contributed by atoms with E-state index >= 15 is 0 Å². The highest BCUT2D eigenvalue weighted by atomic mass is 16.5. The molecule has 3 aromatic rings. The fourth-order valence-corrected chi connectivity index (χ4v) is 3.09. The van der Waals surface area contributed by atoms with Crippen LogP contribution in [0.2, 0.25) is 0 Å². The van der Waals surface area contributed by atoms with Gasteiger partial charge in [0.1, 0.15) is 6.61 Å². The van der Waals surface area contributed by atoms with Gasteiger partial charge in [-0.15, -0.1) is 0 Å². The van der Waals surface area contributed by atoms with Gasteiger partial charge in [-0.3, -0.25) is 0 Å². The summed E-state index contributed by atoms with van der Waals surface area (Å²) in [5.41, 5.74) is 8.07. The molecular weight excluding hydrogens is 388 g/mol. The fourth-order valence-electron chi connectivity index (χ4n) is 3.09. The Kier molecular flexibility index (Phi) is 6.90. The van der Waals surface area contributed by atoms with Crippen LogP contribution in [0.5, 0.6) is 11.5 Å². The molecule has 0 unspecified atom stereocenters. The summed E-state index contributed by atoms with van der Waals surface area (Å²) in [6, 6.07) is 16.1. The van der Waals surface area contributed by atoms with Crippen LogP contribution in [0.3, 0.4) is 0 Å². The zero-order chi connectivity index (χ0) is 22.4. The maximum absolute atomic E-state index is 5.99. The molecule has 162 valence electrons. The molecule has 0 saturated carbocycles. The molecule has 0 amide bonds. The lowest BCUT2D eigenvalue weighted by atomic mass is 9.87. The van der Waals surface area contributed by atoms with E-state index in [1.54, 1.807) is 13.3 Å². The van der Waals surface area contributed by atoms with E-state index in [0.29, 0.717) is 24.1 Å².